The molecule has 116 valence electrons. The quantitative estimate of drug-likeness (QED) is 0.476. The number of allylic oxidation sites excluding steroid dienone is 2. The lowest BCUT2D eigenvalue weighted by Gasteiger charge is -2.18. The van der Waals surface area contributed by atoms with Crippen LogP contribution in [0.25, 0.3) is 0 Å². The average molecular weight is 327 g/mol. The van der Waals surface area contributed by atoms with E-state index in [4.69, 9.17) is 11.6 Å². The smallest absolute Gasteiger partial charge is 0.254 e. The molecular formula is C18H15ClN2O2. The van der Waals surface area contributed by atoms with Gasteiger partial charge in [0.05, 0.1) is 18.1 Å². The number of hydrogen-bond donors (Lipinski definition) is 0. The van der Waals surface area contributed by atoms with E-state index in [1.165, 1.54) is 6.21 Å². The van der Waals surface area contributed by atoms with Gasteiger partial charge in [0.25, 0.3) is 11.8 Å². The summed E-state index contributed by atoms with van der Waals surface area (Å²) in [4.78, 5) is 25.5. The minimum atomic E-state index is -0.205. The second-order valence-corrected chi connectivity index (χ2v) is 7.38. The summed E-state index contributed by atoms with van der Waals surface area (Å²) in [6.07, 6.45) is 8.11. The number of carbonyl (C=O) groups is 2. The molecule has 5 heteroatoms. The molecule has 0 aromatic heterocycles. The summed E-state index contributed by atoms with van der Waals surface area (Å²) in [5, 5.41) is 5.78. The number of amides is 2. The van der Waals surface area contributed by atoms with E-state index in [1.54, 1.807) is 6.07 Å². The molecule has 0 N–H and O–H groups in total. The molecule has 1 spiro atoms. The van der Waals surface area contributed by atoms with E-state index in [1.807, 2.05) is 18.2 Å². The highest BCUT2D eigenvalue weighted by Crippen LogP contribution is 2.73. The van der Waals surface area contributed by atoms with Crippen molar-refractivity contribution in [2.75, 3.05) is 0 Å². The Hall–Kier alpha value is -1.94. The molecule has 2 amide bonds. The van der Waals surface area contributed by atoms with Crippen LogP contribution in [0.1, 0.15) is 18.4 Å². The molecule has 4 atom stereocenters. The number of carbonyl (C=O) groups excluding carboxylic acids is 2. The standard InChI is InChI=1S/C18H15ClN2O2/c19-13-4-2-1-3-10(13)9-20-21-16(22)14-11-5-6-12(15(14)17(21)23)18(11)7-8-18/h1-6,9,11-12,14-15H,7-8H2/b20-9-/t11-,12-,14-,15-/m1/s1. The van der Waals surface area contributed by atoms with Gasteiger partial charge in [0.1, 0.15) is 0 Å². The first-order chi connectivity index (χ1) is 11.1. The van der Waals surface area contributed by atoms with Gasteiger partial charge in [-0.2, -0.15) is 10.1 Å². The van der Waals surface area contributed by atoms with Gasteiger partial charge in [0.2, 0.25) is 0 Å². The van der Waals surface area contributed by atoms with Crippen molar-refractivity contribution in [3.05, 3.63) is 47.0 Å². The highest BCUT2D eigenvalue weighted by molar-refractivity contribution is 6.33. The zero-order valence-electron chi connectivity index (χ0n) is 12.4. The minimum absolute atomic E-state index is 0.147. The molecule has 4 aliphatic rings. The number of halogens is 1. The lowest BCUT2D eigenvalue weighted by atomic mass is 9.85. The summed E-state index contributed by atoms with van der Waals surface area (Å²) in [6, 6.07) is 7.24. The van der Waals surface area contributed by atoms with E-state index in [0.717, 1.165) is 17.9 Å². The Morgan fingerprint density at radius 1 is 1.09 bits per heavy atom. The van der Waals surface area contributed by atoms with E-state index in [0.29, 0.717) is 10.6 Å². The van der Waals surface area contributed by atoms with Crippen LogP contribution in [0.5, 0.6) is 0 Å². The third-order valence-corrected chi connectivity index (χ3v) is 6.39. The van der Waals surface area contributed by atoms with E-state index in [9.17, 15) is 9.59 Å². The van der Waals surface area contributed by atoms with Gasteiger partial charge in [-0.05, 0) is 36.2 Å². The van der Waals surface area contributed by atoms with E-state index < -0.39 is 0 Å². The molecule has 2 saturated carbocycles. The largest absolute Gasteiger partial charge is 0.272 e. The maximum absolute atomic E-state index is 12.7. The van der Waals surface area contributed by atoms with Crippen LogP contribution in [-0.2, 0) is 9.59 Å². The molecule has 23 heavy (non-hydrogen) atoms. The van der Waals surface area contributed by atoms with Crippen molar-refractivity contribution >= 4 is 29.6 Å². The van der Waals surface area contributed by atoms with Crippen LogP contribution < -0.4 is 0 Å². The summed E-state index contributed by atoms with van der Waals surface area (Å²) in [5.41, 5.74) is 0.922. The summed E-state index contributed by atoms with van der Waals surface area (Å²) in [6.45, 7) is 0. The Balaban J connectivity index is 1.46. The van der Waals surface area contributed by atoms with Crippen molar-refractivity contribution in [2.24, 2.45) is 34.2 Å². The molecule has 1 aliphatic heterocycles. The first-order valence-corrected chi connectivity index (χ1v) is 8.36. The molecular weight excluding hydrogens is 312 g/mol. The van der Waals surface area contributed by atoms with Gasteiger partial charge >= 0.3 is 0 Å². The third-order valence-electron chi connectivity index (χ3n) is 6.05. The molecule has 1 aromatic carbocycles. The maximum Gasteiger partial charge on any atom is 0.254 e. The van der Waals surface area contributed by atoms with Crippen molar-refractivity contribution in [2.45, 2.75) is 12.8 Å². The summed E-state index contributed by atoms with van der Waals surface area (Å²) >= 11 is 6.09. The monoisotopic (exact) mass is 326 g/mol. The van der Waals surface area contributed by atoms with Crippen molar-refractivity contribution < 1.29 is 9.59 Å². The number of rotatable bonds is 2. The lowest BCUT2D eigenvalue weighted by molar-refractivity contribution is -0.141. The Morgan fingerprint density at radius 3 is 2.26 bits per heavy atom. The Morgan fingerprint density at radius 2 is 1.70 bits per heavy atom. The summed E-state index contributed by atoms with van der Waals surface area (Å²) < 4.78 is 0. The zero-order valence-corrected chi connectivity index (χ0v) is 13.1. The number of hydrogen-bond acceptors (Lipinski definition) is 3. The molecule has 1 aromatic rings. The number of nitrogens with zero attached hydrogens (tertiary/aromatic N) is 2. The fourth-order valence-corrected chi connectivity index (χ4v) is 5.06. The van der Waals surface area contributed by atoms with Crippen molar-refractivity contribution in [3.63, 3.8) is 0 Å². The third kappa shape index (κ3) is 1.59. The predicted octanol–water partition coefficient (Wildman–Crippen LogP) is 2.87. The second kappa shape index (κ2) is 4.32. The first kappa shape index (κ1) is 13.5. The molecule has 3 aliphatic carbocycles. The van der Waals surface area contributed by atoms with E-state index >= 15 is 0 Å². The van der Waals surface area contributed by atoms with Crippen molar-refractivity contribution in [1.82, 2.24) is 5.01 Å². The zero-order chi connectivity index (χ0) is 15.8. The molecule has 5 rings (SSSR count). The van der Waals surface area contributed by atoms with Crippen LogP contribution in [0.4, 0.5) is 0 Å². The van der Waals surface area contributed by atoms with Gasteiger partial charge in [-0.3, -0.25) is 9.59 Å². The average Bonchev–Trinajstić information content (AvgIpc) is 3.15. The van der Waals surface area contributed by atoms with Crippen LogP contribution in [0, 0.1) is 29.1 Å². The normalized spacial score (nSPS) is 35.8. The molecule has 3 fully saturated rings. The molecule has 1 saturated heterocycles. The number of imide groups is 1. The SMILES string of the molecule is O=C1[C@H]2[C@H](C(=O)N1/N=C\c1ccccc1Cl)[C@H]1C=C[C@H]2C12CC2. The molecule has 0 radical (unpaired) electrons. The predicted molar refractivity (Wildman–Crippen MR) is 85.7 cm³/mol. The van der Waals surface area contributed by atoms with Gasteiger partial charge in [0, 0.05) is 10.6 Å². The first-order valence-electron chi connectivity index (χ1n) is 7.98. The minimum Gasteiger partial charge on any atom is -0.272 e. The molecule has 2 bridgehead atoms. The van der Waals surface area contributed by atoms with Gasteiger partial charge in [0.15, 0.2) is 0 Å². The van der Waals surface area contributed by atoms with Gasteiger partial charge in [-0.1, -0.05) is 42.0 Å². The Labute approximate surface area is 138 Å². The van der Waals surface area contributed by atoms with Crippen LogP contribution >= 0.6 is 11.6 Å². The molecule has 0 unspecified atom stereocenters. The van der Waals surface area contributed by atoms with Gasteiger partial charge in [-0.25, -0.2) is 0 Å². The van der Waals surface area contributed by atoms with Crippen LogP contribution in [0.2, 0.25) is 5.02 Å². The molecule has 4 nitrogen and oxygen atoms in total. The topological polar surface area (TPSA) is 49.7 Å². The van der Waals surface area contributed by atoms with Crippen LogP contribution in [0.3, 0.4) is 0 Å². The van der Waals surface area contributed by atoms with Crippen molar-refractivity contribution in [3.8, 4) is 0 Å². The molecule has 1 heterocycles. The fraction of sp³-hybridized carbons (Fsp3) is 0.389. The summed E-state index contributed by atoms with van der Waals surface area (Å²) in [5.74, 6) is -0.242. The van der Waals surface area contributed by atoms with Gasteiger partial charge in [-0.15, -0.1) is 0 Å². The highest BCUT2D eigenvalue weighted by Gasteiger charge is 2.73. The van der Waals surface area contributed by atoms with E-state index in [2.05, 4.69) is 17.3 Å². The van der Waals surface area contributed by atoms with Crippen LogP contribution in [-0.4, -0.2) is 23.0 Å². The highest BCUT2D eigenvalue weighted by atomic mass is 35.5. The maximum atomic E-state index is 12.7. The van der Waals surface area contributed by atoms with Gasteiger partial charge < -0.3 is 0 Å². The van der Waals surface area contributed by atoms with E-state index in [-0.39, 0.29) is 40.9 Å². The van der Waals surface area contributed by atoms with Crippen LogP contribution in [0.15, 0.2) is 41.5 Å². The fourth-order valence-electron chi connectivity index (χ4n) is 4.88. The number of fused-ring (bicyclic) bond motifs is 3. The van der Waals surface area contributed by atoms with Crippen molar-refractivity contribution in [1.29, 1.82) is 0 Å². The Kier molecular flexibility index (Phi) is 2.54. The lowest BCUT2D eigenvalue weighted by Crippen LogP contribution is -2.30. The summed E-state index contributed by atoms with van der Waals surface area (Å²) in [7, 11) is 0. The number of hydrazone groups is 1. The number of benzene rings is 1. The second-order valence-electron chi connectivity index (χ2n) is 6.98. The Bertz CT molecular complexity index is 762.